The Morgan fingerprint density at radius 2 is 1.93 bits per heavy atom. The van der Waals surface area contributed by atoms with Crippen molar-refractivity contribution in [3.8, 4) is 17.0 Å². The summed E-state index contributed by atoms with van der Waals surface area (Å²) < 4.78 is 12.4. The van der Waals surface area contributed by atoms with E-state index in [1.54, 1.807) is 35.0 Å². The van der Waals surface area contributed by atoms with Gasteiger partial charge >= 0.3 is 0 Å². The minimum atomic E-state index is -0.409. The van der Waals surface area contributed by atoms with Crippen molar-refractivity contribution in [3.05, 3.63) is 48.0 Å². The van der Waals surface area contributed by atoms with Crippen LogP contribution >= 0.6 is 0 Å². The van der Waals surface area contributed by atoms with Gasteiger partial charge in [-0.3, -0.25) is 14.3 Å². The summed E-state index contributed by atoms with van der Waals surface area (Å²) in [7, 11) is 1.82. The van der Waals surface area contributed by atoms with Gasteiger partial charge in [0.2, 0.25) is 5.76 Å². The van der Waals surface area contributed by atoms with Gasteiger partial charge in [-0.1, -0.05) is 5.16 Å². The number of carbonyl (C=O) groups excluding carboxylic acids is 2. The molecule has 0 atom stereocenters. The Morgan fingerprint density at radius 1 is 1.20 bits per heavy atom. The highest BCUT2D eigenvalue weighted by molar-refractivity contribution is 6.02. The van der Waals surface area contributed by atoms with Crippen LogP contribution in [0.25, 0.3) is 11.3 Å². The zero-order chi connectivity index (χ0) is 21.1. The SMILES string of the molecule is Cc1nn(C)cc1-c1cc(C(=O)Nc2ccc(OCC(=O)N3CCCC3)cc2)on1. The standard InChI is InChI=1S/C21H23N5O4/c1-14-17(12-25(2)23-14)18-11-19(30-24-18)21(28)22-15-5-7-16(8-6-15)29-13-20(27)26-9-3-4-10-26/h5-8,11-12H,3-4,9-10,13H2,1-2H3,(H,22,28). The van der Waals surface area contributed by atoms with Crippen molar-refractivity contribution in [1.29, 1.82) is 0 Å². The van der Waals surface area contributed by atoms with Crippen molar-refractivity contribution in [3.63, 3.8) is 0 Å². The van der Waals surface area contributed by atoms with E-state index in [4.69, 9.17) is 9.26 Å². The lowest BCUT2D eigenvalue weighted by Crippen LogP contribution is -2.32. The van der Waals surface area contributed by atoms with Gasteiger partial charge in [-0.25, -0.2) is 0 Å². The number of likely N-dealkylation sites (tertiary alicyclic amines) is 1. The first-order valence-corrected chi connectivity index (χ1v) is 9.79. The minimum Gasteiger partial charge on any atom is -0.484 e. The van der Waals surface area contributed by atoms with Gasteiger partial charge in [-0.2, -0.15) is 5.10 Å². The highest BCUT2D eigenvalue weighted by atomic mass is 16.5. The monoisotopic (exact) mass is 409 g/mol. The van der Waals surface area contributed by atoms with E-state index in [0.717, 1.165) is 37.2 Å². The molecule has 1 saturated heterocycles. The van der Waals surface area contributed by atoms with Gasteiger partial charge in [-0.05, 0) is 44.0 Å². The maximum atomic E-state index is 12.4. The maximum absolute atomic E-state index is 12.4. The third-order valence-electron chi connectivity index (χ3n) is 4.96. The van der Waals surface area contributed by atoms with Crippen LogP contribution in [0.5, 0.6) is 5.75 Å². The summed E-state index contributed by atoms with van der Waals surface area (Å²) in [6.07, 6.45) is 3.92. The molecule has 30 heavy (non-hydrogen) atoms. The number of hydrogen-bond acceptors (Lipinski definition) is 6. The van der Waals surface area contributed by atoms with E-state index in [2.05, 4.69) is 15.6 Å². The molecule has 0 spiro atoms. The molecule has 2 amide bonds. The molecule has 3 aromatic rings. The Morgan fingerprint density at radius 3 is 2.60 bits per heavy atom. The summed E-state index contributed by atoms with van der Waals surface area (Å²) in [6, 6.07) is 8.41. The largest absolute Gasteiger partial charge is 0.484 e. The number of nitrogens with zero attached hydrogens (tertiary/aromatic N) is 4. The summed E-state index contributed by atoms with van der Waals surface area (Å²) in [5.74, 6) is 0.252. The van der Waals surface area contributed by atoms with E-state index in [1.807, 2.05) is 25.1 Å². The number of amides is 2. The van der Waals surface area contributed by atoms with E-state index in [9.17, 15) is 9.59 Å². The van der Waals surface area contributed by atoms with E-state index < -0.39 is 5.91 Å². The first kappa shape index (κ1) is 19.7. The molecule has 1 aliphatic heterocycles. The molecule has 0 bridgehead atoms. The second-order valence-electron chi connectivity index (χ2n) is 7.23. The molecular weight excluding hydrogens is 386 g/mol. The number of aromatic nitrogens is 3. The number of carbonyl (C=O) groups is 2. The second-order valence-corrected chi connectivity index (χ2v) is 7.23. The first-order chi connectivity index (χ1) is 14.5. The molecule has 1 aromatic carbocycles. The van der Waals surface area contributed by atoms with E-state index in [0.29, 0.717) is 17.1 Å². The fraction of sp³-hybridized carbons (Fsp3) is 0.333. The lowest BCUT2D eigenvalue weighted by molar-refractivity contribution is -0.132. The molecule has 1 fully saturated rings. The molecule has 2 aromatic heterocycles. The Labute approximate surface area is 173 Å². The van der Waals surface area contributed by atoms with Crippen molar-refractivity contribution in [1.82, 2.24) is 19.8 Å². The number of benzene rings is 1. The summed E-state index contributed by atoms with van der Waals surface area (Å²) in [5, 5.41) is 11.0. The molecule has 0 aliphatic carbocycles. The van der Waals surface area contributed by atoms with Crippen molar-refractivity contribution >= 4 is 17.5 Å². The predicted octanol–water partition coefficient (Wildman–Crippen LogP) is 2.64. The molecule has 9 nitrogen and oxygen atoms in total. The Kier molecular flexibility index (Phi) is 5.51. The van der Waals surface area contributed by atoms with E-state index in [1.165, 1.54) is 0 Å². The van der Waals surface area contributed by atoms with Crippen LogP contribution in [0.15, 0.2) is 41.1 Å². The van der Waals surface area contributed by atoms with Crippen molar-refractivity contribution < 1.29 is 18.8 Å². The molecule has 1 aliphatic rings. The molecule has 3 heterocycles. The fourth-order valence-electron chi connectivity index (χ4n) is 3.39. The summed E-state index contributed by atoms with van der Waals surface area (Å²) in [6.45, 7) is 3.49. The summed E-state index contributed by atoms with van der Waals surface area (Å²) in [4.78, 5) is 26.3. The molecule has 9 heteroatoms. The number of hydrogen-bond donors (Lipinski definition) is 1. The average Bonchev–Trinajstić information content (AvgIpc) is 3.48. The summed E-state index contributed by atoms with van der Waals surface area (Å²) in [5.41, 5.74) is 2.74. The molecule has 4 rings (SSSR count). The molecule has 156 valence electrons. The van der Waals surface area contributed by atoms with E-state index >= 15 is 0 Å². The summed E-state index contributed by atoms with van der Waals surface area (Å²) >= 11 is 0. The van der Waals surface area contributed by atoms with Gasteiger partial charge in [0.1, 0.15) is 11.4 Å². The number of nitrogens with one attached hydrogen (secondary N) is 1. The molecule has 1 N–H and O–H groups in total. The normalized spacial score (nSPS) is 13.5. The van der Waals surface area contributed by atoms with Gasteiger partial charge in [0.25, 0.3) is 11.8 Å². The highest BCUT2D eigenvalue weighted by Crippen LogP contribution is 2.23. The maximum Gasteiger partial charge on any atom is 0.294 e. The van der Waals surface area contributed by atoms with E-state index in [-0.39, 0.29) is 18.3 Å². The van der Waals surface area contributed by atoms with Crippen LogP contribution in [0.3, 0.4) is 0 Å². The number of ether oxygens (including phenoxy) is 1. The molecule has 0 unspecified atom stereocenters. The second kappa shape index (κ2) is 8.40. The zero-order valence-electron chi connectivity index (χ0n) is 16.9. The molecular formula is C21H23N5O4. The van der Waals surface area contributed by atoms with Crippen molar-refractivity contribution in [2.24, 2.45) is 7.05 Å². The number of rotatable bonds is 6. The van der Waals surface area contributed by atoms with Crippen LogP contribution in [0.2, 0.25) is 0 Å². The fourth-order valence-corrected chi connectivity index (χ4v) is 3.39. The van der Waals surface area contributed by atoms with Gasteiger partial charge in [-0.15, -0.1) is 0 Å². The number of aryl methyl sites for hydroxylation is 2. The van der Waals surface area contributed by atoms with Gasteiger partial charge in [0, 0.05) is 43.7 Å². The molecule has 0 saturated carbocycles. The Balaban J connectivity index is 1.33. The van der Waals surface area contributed by atoms with Crippen LogP contribution in [0, 0.1) is 6.92 Å². The van der Waals surface area contributed by atoms with Crippen molar-refractivity contribution in [2.45, 2.75) is 19.8 Å². The first-order valence-electron chi connectivity index (χ1n) is 9.79. The Hall–Kier alpha value is -3.62. The van der Waals surface area contributed by atoms with Gasteiger partial charge in [0.15, 0.2) is 6.61 Å². The van der Waals surface area contributed by atoms with Gasteiger partial charge in [0.05, 0.1) is 5.69 Å². The van der Waals surface area contributed by atoms with Crippen molar-refractivity contribution in [2.75, 3.05) is 25.0 Å². The highest BCUT2D eigenvalue weighted by Gasteiger charge is 2.19. The molecule has 0 radical (unpaired) electrons. The smallest absolute Gasteiger partial charge is 0.294 e. The van der Waals surface area contributed by atoms with Crippen LogP contribution in [-0.4, -0.2) is 51.3 Å². The lowest BCUT2D eigenvalue weighted by atomic mass is 10.2. The third-order valence-corrected chi connectivity index (χ3v) is 4.96. The van der Waals surface area contributed by atoms with Crippen LogP contribution in [0.4, 0.5) is 5.69 Å². The quantitative estimate of drug-likeness (QED) is 0.671. The van der Waals surface area contributed by atoms with Gasteiger partial charge < -0.3 is 19.5 Å². The van der Waals surface area contributed by atoms with Crippen LogP contribution in [-0.2, 0) is 11.8 Å². The predicted molar refractivity (Wildman–Crippen MR) is 109 cm³/mol. The van der Waals surface area contributed by atoms with Crippen LogP contribution in [0.1, 0.15) is 29.1 Å². The zero-order valence-corrected chi connectivity index (χ0v) is 16.9. The lowest BCUT2D eigenvalue weighted by Gasteiger charge is -2.15. The topological polar surface area (TPSA) is 102 Å². The number of anilines is 1. The van der Waals surface area contributed by atoms with Crippen LogP contribution < -0.4 is 10.1 Å². The Bertz CT molecular complexity index is 1050. The average molecular weight is 409 g/mol. The minimum absolute atomic E-state index is 0.00476. The third kappa shape index (κ3) is 4.35.